The predicted molar refractivity (Wildman–Crippen MR) is 73.3 cm³/mol. The molecule has 0 radical (unpaired) electrons. The molecule has 1 aromatic rings. The van der Waals surface area contributed by atoms with Crippen LogP contribution in [-0.2, 0) is 9.53 Å². The summed E-state index contributed by atoms with van der Waals surface area (Å²) in [6, 6.07) is 3.72. The van der Waals surface area contributed by atoms with E-state index < -0.39 is 23.4 Å². The quantitative estimate of drug-likeness (QED) is 0.865. The zero-order valence-corrected chi connectivity index (χ0v) is 11.8. The number of aromatic hydroxyl groups is 1. The van der Waals surface area contributed by atoms with Crippen LogP contribution in [0.15, 0.2) is 18.2 Å². The highest BCUT2D eigenvalue weighted by molar-refractivity contribution is 5.97. The van der Waals surface area contributed by atoms with Crippen LogP contribution in [-0.4, -0.2) is 41.6 Å². The first-order chi connectivity index (χ1) is 10.0. The zero-order chi connectivity index (χ0) is 15.4. The molecule has 0 saturated carbocycles. The number of halogens is 1. The molecule has 5 nitrogen and oxygen atoms in total. The Bertz CT molecular complexity index is 526. The molecule has 1 aromatic carbocycles. The van der Waals surface area contributed by atoms with E-state index in [1.807, 2.05) is 0 Å². The molecule has 0 aromatic heterocycles. The summed E-state index contributed by atoms with van der Waals surface area (Å²) in [5, 5.41) is 9.67. The number of phenolic OH excluding ortho intramolecular Hbond substituents is 1. The second-order valence-electron chi connectivity index (χ2n) is 4.98. The monoisotopic (exact) mass is 295 g/mol. The van der Waals surface area contributed by atoms with E-state index in [4.69, 9.17) is 4.74 Å². The largest absolute Gasteiger partial charge is 0.507 e. The summed E-state index contributed by atoms with van der Waals surface area (Å²) in [6.45, 7) is 2.63. The highest BCUT2D eigenvalue weighted by atomic mass is 19.1. The molecule has 2 rings (SSSR count). The lowest BCUT2D eigenvalue weighted by atomic mass is 9.97. The summed E-state index contributed by atoms with van der Waals surface area (Å²) in [4.78, 5) is 25.5. The van der Waals surface area contributed by atoms with E-state index in [1.54, 1.807) is 6.92 Å². The van der Waals surface area contributed by atoms with Gasteiger partial charge in [-0.25, -0.2) is 4.39 Å². The third-order valence-electron chi connectivity index (χ3n) is 3.53. The molecule has 0 aliphatic carbocycles. The van der Waals surface area contributed by atoms with Gasteiger partial charge in [0, 0.05) is 13.1 Å². The number of hydrogen-bond donors (Lipinski definition) is 1. The van der Waals surface area contributed by atoms with Gasteiger partial charge < -0.3 is 14.7 Å². The summed E-state index contributed by atoms with van der Waals surface area (Å²) >= 11 is 0. The van der Waals surface area contributed by atoms with Crippen molar-refractivity contribution in [3.8, 4) is 5.75 Å². The highest BCUT2D eigenvalue weighted by Crippen LogP contribution is 2.25. The normalized spacial score (nSPS) is 18.4. The SMILES string of the molecule is CCOC(=O)[C@H]1CCCN(C(=O)c2c(O)cccc2F)C1. The minimum absolute atomic E-state index is 0.186. The van der Waals surface area contributed by atoms with Crippen LogP contribution in [0.3, 0.4) is 0 Å². The maximum absolute atomic E-state index is 13.7. The molecule has 1 N–H and O–H groups in total. The van der Waals surface area contributed by atoms with E-state index in [2.05, 4.69) is 0 Å². The Kier molecular flexibility index (Phi) is 4.77. The predicted octanol–water partition coefficient (Wildman–Crippen LogP) is 1.95. The van der Waals surface area contributed by atoms with Crippen LogP contribution in [0.2, 0.25) is 0 Å². The van der Waals surface area contributed by atoms with E-state index in [0.717, 1.165) is 6.07 Å². The van der Waals surface area contributed by atoms with E-state index >= 15 is 0 Å². The van der Waals surface area contributed by atoms with Crippen LogP contribution in [0, 0.1) is 11.7 Å². The number of carbonyl (C=O) groups excluding carboxylic acids is 2. The fourth-order valence-corrected chi connectivity index (χ4v) is 2.50. The van der Waals surface area contributed by atoms with Crippen molar-refractivity contribution in [3.63, 3.8) is 0 Å². The number of phenols is 1. The molecular weight excluding hydrogens is 277 g/mol. The molecule has 114 valence electrons. The molecule has 1 saturated heterocycles. The van der Waals surface area contributed by atoms with Gasteiger partial charge in [-0.3, -0.25) is 9.59 Å². The molecule has 1 aliphatic rings. The summed E-state index contributed by atoms with van der Waals surface area (Å²) in [6.07, 6.45) is 1.29. The van der Waals surface area contributed by atoms with Crippen molar-refractivity contribution < 1.29 is 23.8 Å². The molecule has 1 amide bonds. The molecule has 1 fully saturated rings. The first kappa shape index (κ1) is 15.3. The van der Waals surface area contributed by atoms with Gasteiger partial charge in [0.1, 0.15) is 17.1 Å². The van der Waals surface area contributed by atoms with Crippen LogP contribution >= 0.6 is 0 Å². The van der Waals surface area contributed by atoms with E-state index in [9.17, 15) is 19.1 Å². The van der Waals surface area contributed by atoms with Crippen molar-refractivity contribution in [3.05, 3.63) is 29.6 Å². The summed E-state index contributed by atoms with van der Waals surface area (Å²) in [7, 11) is 0. The summed E-state index contributed by atoms with van der Waals surface area (Å²) in [5.41, 5.74) is -0.345. The molecule has 21 heavy (non-hydrogen) atoms. The van der Waals surface area contributed by atoms with E-state index in [-0.39, 0.29) is 24.7 Å². The minimum Gasteiger partial charge on any atom is -0.507 e. The Morgan fingerprint density at radius 2 is 2.24 bits per heavy atom. The van der Waals surface area contributed by atoms with E-state index in [0.29, 0.717) is 19.4 Å². The van der Waals surface area contributed by atoms with Gasteiger partial charge in [0.2, 0.25) is 0 Å². The van der Waals surface area contributed by atoms with Crippen molar-refractivity contribution >= 4 is 11.9 Å². The average molecular weight is 295 g/mol. The molecule has 0 unspecified atom stereocenters. The topological polar surface area (TPSA) is 66.8 Å². The van der Waals surface area contributed by atoms with Crippen molar-refractivity contribution in [2.75, 3.05) is 19.7 Å². The fraction of sp³-hybridized carbons (Fsp3) is 0.467. The number of rotatable bonds is 3. The maximum Gasteiger partial charge on any atom is 0.310 e. The van der Waals surface area contributed by atoms with Gasteiger partial charge in [0.25, 0.3) is 5.91 Å². The van der Waals surface area contributed by atoms with Gasteiger partial charge in [-0.05, 0) is 31.9 Å². The lowest BCUT2D eigenvalue weighted by Crippen LogP contribution is -2.43. The average Bonchev–Trinajstić information content (AvgIpc) is 2.47. The number of piperidine rings is 1. The van der Waals surface area contributed by atoms with Crippen LogP contribution in [0.1, 0.15) is 30.1 Å². The molecule has 6 heteroatoms. The number of esters is 1. The number of carbonyl (C=O) groups is 2. The van der Waals surface area contributed by atoms with Gasteiger partial charge >= 0.3 is 5.97 Å². The first-order valence-electron chi connectivity index (χ1n) is 6.98. The fourth-order valence-electron chi connectivity index (χ4n) is 2.50. The second kappa shape index (κ2) is 6.56. The highest BCUT2D eigenvalue weighted by Gasteiger charge is 2.31. The van der Waals surface area contributed by atoms with Crippen molar-refractivity contribution in [2.24, 2.45) is 5.92 Å². The Morgan fingerprint density at radius 3 is 2.90 bits per heavy atom. The standard InChI is InChI=1S/C15H18FNO4/c1-2-21-15(20)10-5-4-8-17(9-10)14(19)13-11(16)6-3-7-12(13)18/h3,6-7,10,18H,2,4-5,8-9H2,1H3/t10-/m0/s1. The lowest BCUT2D eigenvalue weighted by Gasteiger charge is -2.31. The van der Waals surface area contributed by atoms with Gasteiger partial charge in [-0.2, -0.15) is 0 Å². The van der Waals surface area contributed by atoms with Gasteiger partial charge in [0.05, 0.1) is 12.5 Å². The Balaban J connectivity index is 2.14. The Hall–Kier alpha value is -2.11. The Morgan fingerprint density at radius 1 is 1.48 bits per heavy atom. The van der Waals surface area contributed by atoms with Gasteiger partial charge in [0.15, 0.2) is 0 Å². The van der Waals surface area contributed by atoms with Crippen LogP contribution in [0.4, 0.5) is 4.39 Å². The third-order valence-corrected chi connectivity index (χ3v) is 3.53. The zero-order valence-electron chi connectivity index (χ0n) is 11.8. The van der Waals surface area contributed by atoms with Crippen molar-refractivity contribution in [2.45, 2.75) is 19.8 Å². The number of benzene rings is 1. The smallest absolute Gasteiger partial charge is 0.310 e. The third kappa shape index (κ3) is 3.32. The maximum atomic E-state index is 13.7. The number of nitrogens with zero attached hydrogens (tertiary/aromatic N) is 1. The molecule has 1 atom stereocenters. The van der Waals surface area contributed by atoms with Gasteiger partial charge in [-0.15, -0.1) is 0 Å². The molecule has 1 heterocycles. The van der Waals surface area contributed by atoms with Gasteiger partial charge in [-0.1, -0.05) is 6.07 Å². The Labute approximate surface area is 122 Å². The molecule has 0 spiro atoms. The van der Waals surface area contributed by atoms with Crippen LogP contribution < -0.4 is 0 Å². The van der Waals surface area contributed by atoms with Crippen LogP contribution in [0.5, 0.6) is 5.75 Å². The molecular formula is C15H18FNO4. The number of ether oxygens (including phenoxy) is 1. The second-order valence-corrected chi connectivity index (χ2v) is 4.98. The molecule has 0 bridgehead atoms. The first-order valence-corrected chi connectivity index (χ1v) is 6.98. The minimum atomic E-state index is -0.766. The van der Waals surface area contributed by atoms with E-state index in [1.165, 1.54) is 17.0 Å². The number of amides is 1. The lowest BCUT2D eigenvalue weighted by molar-refractivity contribution is -0.149. The molecule has 1 aliphatic heterocycles. The summed E-state index contributed by atoms with van der Waals surface area (Å²) < 4.78 is 18.7. The van der Waals surface area contributed by atoms with Crippen LogP contribution in [0.25, 0.3) is 0 Å². The number of likely N-dealkylation sites (tertiary alicyclic amines) is 1. The summed E-state index contributed by atoms with van der Waals surface area (Å²) in [5.74, 6) is -2.49. The van der Waals surface area contributed by atoms with Crippen molar-refractivity contribution in [1.82, 2.24) is 4.90 Å². The van der Waals surface area contributed by atoms with Crippen molar-refractivity contribution in [1.29, 1.82) is 0 Å². The number of hydrogen-bond acceptors (Lipinski definition) is 4.